The first kappa shape index (κ1) is 19.3. The maximum atomic E-state index is 6.76. The van der Waals surface area contributed by atoms with Gasteiger partial charge in [0.25, 0.3) is 0 Å². The summed E-state index contributed by atoms with van der Waals surface area (Å²) < 4.78 is 12.3. The normalized spacial score (nSPS) is 23.6. The van der Waals surface area contributed by atoms with Gasteiger partial charge in [-0.05, 0) is 82.4 Å². The lowest BCUT2D eigenvalue weighted by molar-refractivity contribution is 0.145. The lowest BCUT2D eigenvalue weighted by Crippen LogP contribution is -2.33. The first-order chi connectivity index (χ1) is 14.4. The Bertz CT molecular complexity index is 1080. The molecule has 2 aliphatic heterocycles. The fourth-order valence-corrected chi connectivity index (χ4v) is 5.51. The van der Waals surface area contributed by atoms with Crippen LogP contribution < -0.4 is 14.8 Å². The minimum Gasteiger partial charge on any atom is -0.497 e. The van der Waals surface area contributed by atoms with Crippen molar-refractivity contribution in [2.75, 3.05) is 12.4 Å². The Morgan fingerprint density at radius 2 is 1.93 bits per heavy atom. The number of fused-ring (bicyclic) bond motifs is 5. The van der Waals surface area contributed by atoms with Crippen molar-refractivity contribution in [3.05, 3.63) is 59.2 Å². The average molecular weight is 402 g/mol. The van der Waals surface area contributed by atoms with Gasteiger partial charge in [0.15, 0.2) is 0 Å². The molecule has 0 fully saturated rings. The van der Waals surface area contributed by atoms with E-state index in [0.717, 1.165) is 23.5 Å². The number of hydrogen-bond donors (Lipinski definition) is 1. The number of methoxy groups -OCH3 is 1. The first-order valence-electron chi connectivity index (χ1n) is 11.0. The molecule has 2 aromatic rings. The number of benzene rings is 2. The first-order valence-corrected chi connectivity index (χ1v) is 11.0. The lowest BCUT2D eigenvalue weighted by atomic mass is 9.76. The molecule has 1 N–H and O–H groups in total. The number of hydrogen-bond acceptors (Lipinski definition) is 3. The summed E-state index contributed by atoms with van der Waals surface area (Å²) in [5.74, 6) is 2.21. The van der Waals surface area contributed by atoms with Crippen molar-refractivity contribution in [3.8, 4) is 22.6 Å². The van der Waals surface area contributed by atoms with Gasteiger partial charge in [-0.1, -0.05) is 23.8 Å². The van der Waals surface area contributed by atoms with E-state index < -0.39 is 0 Å². The smallest absolute Gasteiger partial charge is 0.131 e. The van der Waals surface area contributed by atoms with Crippen molar-refractivity contribution >= 4 is 11.3 Å². The third kappa shape index (κ3) is 3.12. The molecule has 0 radical (unpaired) electrons. The molecular weight excluding hydrogens is 370 g/mol. The summed E-state index contributed by atoms with van der Waals surface area (Å²) in [7, 11) is 1.72. The zero-order valence-electron chi connectivity index (χ0n) is 18.6. The Balaban J connectivity index is 1.75. The highest BCUT2D eigenvalue weighted by Crippen LogP contribution is 2.52. The molecule has 3 nitrogen and oxygen atoms in total. The third-order valence-corrected chi connectivity index (χ3v) is 6.69. The summed E-state index contributed by atoms with van der Waals surface area (Å²) in [6.07, 6.45) is 8.41. The zero-order chi connectivity index (χ0) is 21.0. The molecule has 0 amide bonds. The Hall–Kier alpha value is -2.68. The standard InChI is InChI=1S/C27H31NO2/c1-16-7-6-8-18(13-16)26-25-20(21-14-19(29-5)9-12-23(21)30-26)10-11-22-24(25)17(2)15-27(3,4)28-22/h9-15,18,26,28H,6-8H2,1-5H3. The van der Waals surface area contributed by atoms with Gasteiger partial charge in [-0.25, -0.2) is 0 Å². The largest absolute Gasteiger partial charge is 0.497 e. The summed E-state index contributed by atoms with van der Waals surface area (Å²) in [5, 5.41) is 3.72. The molecule has 30 heavy (non-hydrogen) atoms. The predicted molar refractivity (Wildman–Crippen MR) is 124 cm³/mol. The van der Waals surface area contributed by atoms with Gasteiger partial charge in [0.2, 0.25) is 0 Å². The van der Waals surface area contributed by atoms with Gasteiger partial charge < -0.3 is 14.8 Å². The van der Waals surface area contributed by atoms with Gasteiger partial charge in [0.1, 0.15) is 17.6 Å². The minimum absolute atomic E-state index is 0.0254. The quantitative estimate of drug-likeness (QED) is 0.542. The molecule has 1 aliphatic carbocycles. The summed E-state index contributed by atoms with van der Waals surface area (Å²) in [5.41, 5.74) is 8.97. The Morgan fingerprint density at radius 3 is 2.70 bits per heavy atom. The third-order valence-electron chi connectivity index (χ3n) is 6.69. The number of allylic oxidation sites excluding steroid dienone is 2. The number of nitrogens with one attached hydrogen (secondary N) is 1. The molecule has 3 aliphatic rings. The number of rotatable bonds is 2. The van der Waals surface area contributed by atoms with Crippen molar-refractivity contribution in [2.45, 2.75) is 58.6 Å². The van der Waals surface area contributed by atoms with Gasteiger partial charge >= 0.3 is 0 Å². The van der Waals surface area contributed by atoms with E-state index in [2.05, 4.69) is 69.4 Å². The van der Waals surface area contributed by atoms with E-state index in [9.17, 15) is 0 Å². The fourth-order valence-electron chi connectivity index (χ4n) is 5.51. The molecule has 0 aromatic heterocycles. The van der Waals surface area contributed by atoms with E-state index in [0.29, 0.717) is 5.92 Å². The zero-order valence-corrected chi connectivity index (χ0v) is 18.6. The highest BCUT2D eigenvalue weighted by atomic mass is 16.5. The van der Waals surface area contributed by atoms with E-state index in [1.807, 2.05) is 6.07 Å². The Morgan fingerprint density at radius 1 is 1.10 bits per heavy atom. The van der Waals surface area contributed by atoms with E-state index in [1.54, 1.807) is 7.11 Å². The molecule has 2 unspecified atom stereocenters. The van der Waals surface area contributed by atoms with Gasteiger partial charge in [-0.3, -0.25) is 0 Å². The second-order valence-corrected chi connectivity index (χ2v) is 9.59. The van der Waals surface area contributed by atoms with Crippen LogP contribution in [0.4, 0.5) is 5.69 Å². The highest BCUT2D eigenvalue weighted by Gasteiger charge is 2.37. The number of ether oxygens (including phenoxy) is 2. The number of anilines is 1. The maximum absolute atomic E-state index is 6.76. The van der Waals surface area contributed by atoms with Crippen LogP contribution in [0, 0.1) is 5.92 Å². The molecule has 2 aromatic carbocycles. The van der Waals surface area contributed by atoms with Gasteiger partial charge in [0, 0.05) is 28.3 Å². The van der Waals surface area contributed by atoms with Crippen molar-refractivity contribution in [3.63, 3.8) is 0 Å². The van der Waals surface area contributed by atoms with E-state index in [1.165, 1.54) is 46.4 Å². The average Bonchev–Trinajstić information content (AvgIpc) is 2.71. The fraction of sp³-hybridized carbons (Fsp3) is 0.407. The summed E-state index contributed by atoms with van der Waals surface area (Å²) in [6, 6.07) is 10.7. The van der Waals surface area contributed by atoms with Crippen LogP contribution in [0.25, 0.3) is 16.7 Å². The Labute approximate surface area is 179 Å². The molecule has 2 atom stereocenters. The molecule has 0 saturated carbocycles. The van der Waals surface area contributed by atoms with Crippen LogP contribution in [0.2, 0.25) is 0 Å². The van der Waals surface area contributed by atoms with Crippen LogP contribution in [0.5, 0.6) is 11.5 Å². The molecule has 0 bridgehead atoms. The van der Waals surface area contributed by atoms with Crippen LogP contribution in [-0.4, -0.2) is 12.6 Å². The summed E-state index contributed by atoms with van der Waals surface area (Å²) in [6.45, 7) is 8.94. The van der Waals surface area contributed by atoms with E-state index in [-0.39, 0.29) is 11.6 Å². The van der Waals surface area contributed by atoms with Crippen molar-refractivity contribution in [2.24, 2.45) is 5.92 Å². The second-order valence-electron chi connectivity index (χ2n) is 9.59. The topological polar surface area (TPSA) is 30.5 Å². The predicted octanol–water partition coefficient (Wildman–Crippen LogP) is 7.15. The van der Waals surface area contributed by atoms with Crippen molar-refractivity contribution < 1.29 is 9.47 Å². The highest BCUT2D eigenvalue weighted by molar-refractivity contribution is 5.90. The lowest BCUT2D eigenvalue weighted by Gasteiger charge is -2.39. The van der Waals surface area contributed by atoms with Gasteiger partial charge in [-0.15, -0.1) is 0 Å². The van der Waals surface area contributed by atoms with Crippen molar-refractivity contribution in [1.82, 2.24) is 0 Å². The minimum atomic E-state index is -0.0567. The molecular formula is C27H31NO2. The molecule has 0 saturated heterocycles. The Kier molecular flexibility index (Phi) is 4.46. The monoisotopic (exact) mass is 401 g/mol. The molecule has 2 heterocycles. The van der Waals surface area contributed by atoms with E-state index in [4.69, 9.17) is 9.47 Å². The summed E-state index contributed by atoms with van der Waals surface area (Å²) >= 11 is 0. The van der Waals surface area contributed by atoms with Crippen LogP contribution in [0.3, 0.4) is 0 Å². The van der Waals surface area contributed by atoms with Crippen molar-refractivity contribution in [1.29, 1.82) is 0 Å². The SMILES string of the molecule is COc1ccc2c(c1)-c1ccc3c(c1C(C1C=C(C)CCC1)O2)C(C)=CC(C)(C)N3. The molecule has 0 spiro atoms. The van der Waals surface area contributed by atoms with Crippen LogP contribution >= 0.6 is 0 Å². The molecule has 5 rings (SSSR count). The van der Waals surface area contributed by atoms with Crippen LogP contribution in [0.15, 0.2) is 48.1 Å². The van der Waals surface area contributed by atoms with Gasteiger partial charge in [-0.2, -0.15) is 0 Å². The van der Waals surface area contributed by atoms with Crippen LogP contribution in [0.1, 0.15) is 64.2 Å². The van der Waals surface area contributed by atoms with Crippen LogP contribution in [-0.2, 0) is 0 Å². The second kappa shape index (κ2) is 6.94. The van der Waals surface area contributed by atoms with Gasteiger partial charge in [0.05, 0.1) is 12.6 Å². The maximum Gasteiger partial charge on any atom is 0.131 e. The van der Waals surface area contributed by atoms with E-state index >= 15 is 0 Å². The molecule has 3 heteroatoms. The summed E-state index contributed by atoms with van der Waals surface area (Å²) in [4.78, 5) is 0. The molecule has 156 valence electrons.